The third-order valence-corrected chi connectivity index (χ3v) is 3.82. The maximum absolute atomic E-state index is 2.35. The SMILES string of the molecule is C1=CC2=C(CC1)c1ccccc1C2=C1CC1. The van der Waals surface area contributed by atoms with Crippen LogP contribution in [0.15, 0.2) is 47.6 Å². The highest BCUT2D eigenvalue weighted by molar-refractivity contribution is 6.04. The molecule has 0 N–H and O–H groups in total. The molecule has 0 amide bonds. The molecule has 3 aliphatic carbocycles. The van der Waals surface area contributed by atoms with Gasteiger partial charge in [0, 0.05) is 0 Å². The smallest absolute Gasteiger partial charge is 0.0103 e. The van der Waals surface area contributed by atoms with E-state index in [-0.39, 0.29) is 0 Å². The fraction of sp³-hybridized carbons (Fsp3) is 0.250. The summed E-state index contributed by atoms with van der Waals surface area (Å²) in [4.78, 5) is 0. The zero-order valence-corrected chi connectivity index (χ0v) is 9.29. The van der Waals surface area contributed by atoms with Crippen LogP contribution < -0.4 is 0 Å². The van der Waals surface area contributed by atoms with E-state index in [2.05, 4.69) is 36.4 Å². The molecule has 0 heteroatoms. The first kappa shape index (κ1) is 8.58. The molecule has 0 saturated heterocycles. The van der Waals surface area contributed by atoms with Crippen LogP contribution in [0.5, 0.6) is 0 Å². The first-order chi connectivity index (χ1) is 7.95. The molecule has 3 aliphatic rings. The number of rotatable bonds is 0. The van der Waals surface area contributed by atoms with E-state index in [0.29, 0.717) is 0 Å². The third-order valence-electron chi connectivity index (χ3n) is 3.82. The van der Waals surface area contributed by atoms with Crippen LogP contribution in [0.4, 0.5) is 0 Å². The number of fused-ring (bicyclic) bond motifs is 2. The number of benzene rings is 1. The Morgan fingerprint density at radius 3 is 2.50 bits per heavy atom. The van der Waals surface area contributed by atoms with E-state index in [1.807, 2.05) is 0 Å². The molecule has 0 radical (unpaired) electrons. The Morgan fingerprint density at radius 1 is 0.875 bits per heavy atom. The van der Waals surface area contributed by atoms with Crippen molar-refractivity contribution in [3.63, 3.8) is 0 Å². The maximum atomic E-state index is 2.35. The van der Waals surface area contributed by atoms with Gasteiger partial charge in [-0.05, 0) is 53.5 Å². The normalized spacial score (nSPS) is 21.2. The Morgan fingerprint density at radius 2 is 1.69 bits per heavy atom. The first-order valence-corrected chi connectivity index (χ1v) is 6.17. The molecule has 4 rings (SSSR count). The van der Waals surface area contributed by atoms with Gasteiger partial charge in [-0.25, -0.2) is 0 Å². The number of hydrogen-bond acceptors (Lipinski definition) is 0. The molecule has 0 atom stereocenters. The summed E-state index contributed by atoms with van der Waals surface area (Å²) >= 11 is 0. The Bertz CT molecular complexity index is 561. The van der Waals surface area contributed by atoms with E-state index in [4.69, 9.17) is 0 Å². The van der Waals surface area contributed by atoms with E-state index >= 15 is 0 Å². The molecular weight excluding hydrogens is 192 g/mol. The second-order valence-corrected chi connectivity index (χ2v) is 4.86. The third kappa shape index (κ3) is 1.05. The van der Waals surface area contributed by atoms with Crippen molar-refractivity contribution in [3.8, 4) is 0 Å². The lowest BCUT2D eigenvalue weighted by Crippen LogP contribution is -1.87. The maximum Gasteiger partial charge on any atom is -0.0103 e. The summed E-state index contributed by atoms with van der Waals surface area (Å²) < 4.78 is 0. The van der Waals surface area contributed by atoms with Gasteiger partial charge in [-0.1, -0.05) is 42.0 Å². The van der Waals surface area contributed by atoms with Crippen molar-refractivity contribution in [1.29, 1.82) is 0 Å². The number of hydrogen-bond donors (Lipinski definition) is 0. The van der Waals surface area contributed by atoms with Crippen molar-refractivity contribution in [2.45, 2.75) is 25.7 Å². The predicted octanol–water partition coefficient (Wildman–Crippen LogP) is 4.35. The lowest BCUT2D eigenvalue weighted by Gasteiger charge is -2.08. The van der Waals surface area contributed by atoms with Crippen molar-refractivity contribution in [1.82, 2.24) is 0 Å². The van der Waals surface area contributed by atoms with Crippen molar-refractivity contribution in [2.24, 2.45) is 0 Å². The van der Waals surface area contributed by atoms with Crippen molar-refractivity contribution in [3.05, 3.63) is 58.7 Å². The lowest BCUT2D eigenvalue weighted by molar-refractivity contribution is 1.05. The first-order valence-electron chi connectivity index (χ1n) is 6.17. The molecule has 0 unspecified atom stereocenters. The van der Waals surface area contributed by atoms with E-state index in [1.54, 1.807) is 16.7 Å². The minimum absolute atomic E-state index is 1.20. The summed E-state index contributed by atoms with van der Waals surface area (Å²) in [6.45, 7) is 0. The van der Waals surface area contributed by atoms with Crippen LogP contribution in [0.1, 0.15) is 36.8 Å². The quantitative estimate of drug-likeness (QED) is 0.592. The van der Waals surface area contributed by atoms with E-state index in [9.17, 15) is 0 Å². The Balaban J connectivity index is 2.05. The summed E-state index contributed by atoms with van der Waals surface area (Å²) in [6, 6.07) is 8.92. The summed E-state index contributed by atoms with van der Waals surface area (Å²) in [6.07, 6.45) is 9.73. The highest BCUT2D eigenvalue weighted by Crippen LogP contribution is 2.51. The van der Waals surface area contributed by atoms with Crippen molar-refractivity contribution in [2.75, 3.05) is 0 Å². The molecule has 0 spiro atoms. The van der Waals surface area contributed by atoms with Crippen molar-refractivity contribution < 1.29 is 0 Å². The average molecular weight is 206 g/mol. The molecule has 1 fully saturated rings. The molecule has 1 saturated carbocycles. The van der Waals surface area contributed by atoms with Gasteiger partial charge < -0.3 is 0 Å². The van der Waals surface area contributed by atoms with Gasteiger partial charge >= 0.3 is 0 Å². The Labute approximate surface area is 96.0 Å². The summed E-state index contributed by atoms with van der Waals surface area (Å²) in [5, 5.41) is 0. The molecular formula is C16H14. The van der Waals surface area contributed by atoms with Gasteiger partial charge in [0.15, 0.2) is 0 Å². The van der Waals surface area contributed by atoms with Crippen molar-refractivity contribution >= 4 is 11.1 Å². The standard InChI is InChI=1S/C16H14/c1-3-7-14-12(5-1)13-6-2-4-8-15(13)16(14)11-9-10-11/h1,3-5,7-8H,2,6,9-10H2. The second kappa shape index (κ2) is 2.98. The molecule has 1 aromatic carbocycles. The van der Waals surface area contributed by atoms with Crippen LogP contribution in [0.3, 0.4) is 0 Å². The van der Waals surface area contributed by atoms with Gasteiger partial charge in [-0.15, -0.1) is 0 Å². The fourth-order valence-electron chi connectivity index (χ4n) is 2.98. The predicted molar refractivity (Wildman–Crippen MR) is 67.9 cm³/mol. The summed E-state index contributed by atoms with van der Waals surface area (Å²) in [5.41, 5.74) is 9.35. The largest absolute Gasteiger partial charge is 0.0836 e. The molecule has 16 heavy (non-hydrogen) atoms. The zero-order chi connectivity index (χ0) is 10.5. The van der Waals surface area contributed by atoms with Gasteiger partial charge in [0.2, 0.25) is 0 Å². The van der Waals surface area contributed by atoms with Crippen LogP contribution in [0.2, 0.25) is 0 Å². The van der Waals surface area contributed by atoms with Crippen LogP contribution in [-0.2, 0) is 0 Å². The van der Waals surface area contributed by atoms with Gasteiger partial charge in [0.05, 0.1) is 0 Å². The van der Waals surface area contributed by atoms with Crippen LogP contribution >= 0.6 is 0 Å². The molecule has 0 aliphatic heterocycles. The van der Waals surface area contributed by atoms with E-state index < -0.39 is 0 Å². The molecule has 0 aromatic heterocycles. The lowest BCUT2D eigenvalue weighted by atomic mass is 9.96. The molecule has 78 valence electrons. The molecule has 1 aromatic rings. The zero-order valence-electron chi connectivity index (χ0n) is 9.29. The van der Waals surface area contributed by atoms with Gasteiger partial charge in [-0.3, -0.25) is 0 Å². The van der Waals surface area contributed by atoms with Crippen LogP contribution in [0, 0.1) is 0 Å². The van der Waals surface area contributed by atoms with Gasteiger partial charge in [-0.2, -0.15) is 0 Å². The minimum atomic E-state index is 1.20. The topological polar surface area (TPSA) is 0 Å². The van der Waals surface area contributed by atoms with E-state index in [1.165, 1.54) is 42.4 Å². The highest BCUT2D eigenvalue weighted by Gasteiger charge is 2.30. The monoisotopic (exact) mass is 206 g/mol. The molecule has 0 bridgehead atoms. The summed E-state index contributed by atoms with van der Waals surface area (Å²) in [7, 11) is 0. The minimum Gasteiger partial charge on any atom is -0.0836 e. The van der Waals surface area contributed by atoms with Crippen LogP contribution in [0.25, 0.3) is 11.1 Å². The van der Waals surface area contributed by atoms with Crippen LogP contribution in [-0.4, -0.2) is 0 Å². The van der Waals surface area contributed by atoms with Gasteiger partial charge in [0.1, 0.15) is 0 Å². The second-order valence-electron chi connectivity index (χ2n) is 4.86. The highest BCUT2D eigenvalue weighted by atomic mass is 14.3. The Kier molecular flexibility index (Phi) is 1.59. The fourth-order valence-corrected chi connectivity index (χ4v) is 2.98. The average Bonchev–Trinajstić information content (AvgIpc) is 3.11. The number of allylic oxidation sites excluding steroid dienone is 6. The van der Waals surface area contributed by atoms with Gasteiger partial charge in [0.25, 0.3) is 0 Å². The summed E-state index contributed by atoms with van der Waals surface area (Å²) in [5.74, 6) is 0. The molecule has 0 nitrogen and oxygen atoms in total. The Hall–Kier alpha value is -1.56. The van der Waals surface area contributed by atoms with E-state index in [0.717, 1.165) is 0 Å². The molecule has 0 heterocycles.